The van der Waals surface area contributed by atoms with E-state index in [-0.39, 0.29) is 0 Å². The molecule has 0 heterocycles. The number of aliphatic hydroxyl groups is 3. The molecule has 0 aliphatic rings. The molecule has 0 amide bonds. The van der Waals surface area contributed by atoms with Crippen LogP contribution in [0.5, 0.6) is 0 Å². The Balaban J connectivity index is 4.12. The van der Waals surface area contributed by atoms with Crippen molar-refractivity contribution in [2.45, 2.75) is 5.53 Å². The topological polar surface area (TPSA) is 77.8 Å². The molecule has 5 heteroatoms. The minimum absolute atomic E-state index is 0.936. The van der Waals surface area contributed by atoms with Crippen molar-refractivity contribution in [2.24, 2.45) is 0 Å². The first-order valence-electron chi connectivity index (χ1n) is 1.68. The predicted octanol–water partition coefficient (Wildman–Crippen LogP) is -0.0118. The first-order valence-corrected chi connectivity index (χ1v) is 2.49. The van der Waals surface area contributed by atoms with Gasteiger partial charge in [-0.25, -0.2) is 0 Å². The Morgan fingerprint density at radius 3 is 2.00 bits per heavy atom. The maximum atomic E-state index is 9.64. The van der Waals surface area contributed by atoms with Crippen molar-refractivity contribution >= 4 is 8.46 Å². The summed E-state index contributed by atoms with van der Waals surface area (Å²) in [7, 11) is -0.988. The standard InChI is InChI=1S/C3H5O4P/c1-2(4)3(5,6)8-7/h4-6H,1H2. The first kappa shape index (κ1) is 7.56. The van der Waals surface area contributed by atoms with E-state index < -0.39 is 19.7 Å². The molecule has 0 spiro atoms. The van der Waals surface area contributed by atoms with Gasteiger partial charge in [0.25, 0.3) is 0 Å². The zero-order valence-corrected chi connectivity index (χ0v) is 4.80. The van der Waals surface area contributed by atoms with Gasteiger partial charge in [-0.05, 0) is 0 Å². The Bertz CT molecular complexity index is 118. The maximum Gasteiger partial charge on any atom is 0.305 e. The Kier molecular flexibility index (Phi) is 2.10. The molecule has 0 saturated heterocycles. The van der Waals surface area contributed by atoms with Crippen molar-refractivity contribution in [1.29, 1.82) is 0 Å². The lowest BCUT2D eigenvalue weighted by Crippen LogP contribution is -2.21. The SMILES string of the molecule is C=C(O)C(O)(O)P=O. The van der Waals surface area contributed by atoms with Gasteiger partial charge >= 0.3 is 5.53 Å². The second kappa shape index (κ2) is 2.22. The van der Waals surface area contributed by atoms with Crippen LogP contribution in [-0.2, 0) is 4.57 Å². The summed E-state index contributed by atoms with van der Waals surface area (Å²) < 4.78 is 9.64. The summed E-state index contributed by atoms with van der Waals surface area (Å²) in [6.07, 6.45) is 0. The highest BCUT2D eigenvalue weighted by atomic mass is 31.1. The van der Waals surface area contributed by atoms with Crippen molar-refractivity contribution in [3.8, 4) is 0 Å². The quantitative estimate of drug-likeness (QED) is 0.283. The fourth-order valence-corrected chi connectivity index (χ4v) is 0.158. The van der Waals surface area contributed by atoms with E-state index >= 15 is 0 Å². The van der Waals surface area contributed by atoms with Gasteiger partial charge in [0.2, 0.25) is 8.46 Å². The molecule has 0 aromatic rings. The first-order chi connectivity index (χ1) is 3.50. The Hall–Kier alpha value is -0.440. The Labute approximate surface area is 47.3 Å². The highest BCUT2D eigenvalue weighted by Crippen LogP contribution is 2.20. The third-order valence-electron chi connectivity index (χ3n) is 0.514. The molecule has 0 aromatic heterocycles. The average Bonchev–Trinajstić information content (AvgIpc) is 1.67. The second-order valence-electron chi connectivity index (χ2n) is 1.17. The van der Waals surface area contributed by atoms with Crippen molar-refractivity contribution < 1.29 is 19.9 Å². The van der Waals surface area contributed by atoms with Crippen LogP contribution in [0, 0.1) is 0 Å². The van der Waals surface area contributed by atoms with E-state index in [1.807, 2.05) is 0 Å². The van der Waals surface area contributed by atoms with Crippen LogP contribution in [0.3, 0.4) is 0 Å². The third-order valence-corrected chi connectivity index (χ3v) is 1.03. The Morgan fingerprint density at radius 2 is 2.00 bits per heavy atom. The smallest absolute Gasteiger partial charge is 0.305 e. The van der Waals surface area contributed by atoms with Gasteiger partial charge < -0.3 is 15.3 Å². The fraction of sp³-hybridized carbons (Fsp3) is 0.333. The fourth-order valence-electron chi connectivity index (χ4n) is 0.0527. The van der Waals surface area contributed by atoms with Gasteiger partial charge in [-0.3, -0.25) is 4.57 Å². The molecule has 0 bridgehead atoms. The summed E-state index contributed by atoms with van der Waals surface area (Å²) in [6, 6.07) is 0. The highest BCUT2D eigenvalue weighted by molar-refractivity contribution is 7.25. The van der Waals surface area contributed by atoms with Gasteiger partial charge in [0.15, 0.2) is 5.76 Å². The Morgan fingerprint density at radius 1 is 1.62 bits per heavy atom. The van der Waals surface area contributed by atoms with Crippen molar-refractivity contribution in [3.05, 3.63) is 12.3 Å². The molecule has 8 heavy (non-hydrogen) atoms. The molecule has 0 unspecified atom stereocenters. The molecule has 0 aliphatic heterocycles. The van der Waals surface area contributed by atoms with Crippen LogP contribution in [0.15, 0.2) is 12.3 Å². The molecule has 0 fully saturated rings. The molecular formula is C3H5O4P. The molecule has 3 N–H and O–H groups in total. The lowest BCUT2D eigenvalue weighted by molar-refractivity contribution is -0.0754. The van der Waals surface area contributed by atoms with Gasteiger partial charge in [0.05, 0.1) is 0 Å². The van der Waals surface area contributed by atoms with Gasteiger partial charge in [-0.1, -0.05) is 6.58 Å². The number of rotatable bonds is 2. The van der Waals surface area contributed by atoms with E-state index in [0.29, 0.717) is 0 Å². The van der Waals surface area contributed by atoms with E-state index in [2.05, 4.69) is 6.58 Å². The van der Waals surface area contributed by atoms with E-state index in [1.165, 1.54) is 0 Å². The number of hydrogen-bond donors (Lipinski definition) is 3. The summed E-state index contributed by atoms with van der Waals surface area (Å²) in [4.78, 5) is 0. The number of aliphatic hydroxyl groups excluding tert-OH is 1. The maximum absolute atomic E-state index is 9.64. The monoisotopic (exact) mass is 136 g/mol. The van der Waals surface area contributed by atoms with Crippen molar-refractivity contribution in [3.63, 3.8) is 0 Å². The summed E-state index contributed by atoms with van der Waals surface area (Å²) in [5, 5.41) is 24.7. The van der Waals surface area contributed by atoms with Crippen LogP contribution in [0.1, 0.15) is 0 Å². The molecule has 0 radical (unpaired) electrons. The molecular weight excluding hydrogens is 131 g/mol. The molecule has 46 valence electrons. The van der Waals surface area contributed by atoms with Crippen LogP contribution < -0.4 is 0 Å². The van der Waals surface area contributed by atoms with Gasteiger partial charge in [0, 0.05) is 0 Å². The van der Waals surface area contributed by atoms with Gasteiger partial charge in [0.1, 0.15) is 0 Å². The molecule has 0 aliphatic carbocycles. The summed E-state index contributed by atoms with van der Waals surface area (Å²) in [5.74, 6) is -0.936. The normalized spacial score (nSPS) is 11.8. The average molecular weight is 136 g/mol. The lowest BCUT2D eigenvalue weighted by atomic mass is 10.5. The zero-order valence-electron chi connectivity index (χ0n) is 3.90. The van der Waals surface area contributed by atoms with Crippen LogP contribution in [0.25, 0.3) is 0 Å². The van der Waals surface area contributed by atoms with E-state index in [4.69, 9.17) is 15.3 Å². The van der Waals surface area contributed by atoms with E-state index in [0.717, 1.165) is 0 Å². The number of hydrogen-bond acceptors (Lipinski definition) is 4. The van der Waals surface area contributed by atoms with Crippen LogP contribution in [-0.4, -0.2) is 20.8 Å². The van der Waals surface area contributed by atoms with Crippen molar-refractivity contribution in [2.75, 3.05) is 0 Å². The van der Waals surface area contributed by atoms with Gasteiger partial charge in [-0.2, -0.15) is 0 Å². The lowest BCUT2D eigenvalue weighted by Gasteiger charge is -2.08. The largest absolute Gasteiger partial charge is 0.507 e. The molecule has 0 rings (SSSR count). The van der Waals surface area contributed by atoms with Gasteiger partial charge in [-0.15, -0.1) is 0 Å². The summed E-state index contributed by atoms with van der Waals surface area (Å²) in [5.41, 5.74) is -2.68. The third kappa shape index (κ3) is 1.58. The highest BCUT2D eigenvalue weighted by Gasteiger charge is 2.27. The molecule has 0 saturated carbocycles. The second-order valence-corrected chi connectivity index (χ2v) is 1.98. The van der Waals surface area contributed by atoms with E-state index in [1.54, 1.807) is 0 Å². The minimum atomic E-state index is -2.68. The predicted molar refractivity (Wildman–Crippen MR) is 26.5 cm³/mol. The zero-order chi connectivity index (χ0) is 6.78. The van der Waals surface area contributed by atoms with Crippen LogP contribution >= 0.6 is 8.46 Å². The van der Waals surface area contributed by atoms with Crippen LogP contribution in [0.4, 0.5) is 0 Å². The molecule has 0 atom stereocenters. The van der Waals surface area contributed by atoms with Crippen molar-refractivity contribution in [1.82, 2.24) is 0 Å². The summed E-state index contributed by atoms with van der Waals surface area (Å²) in [6.45, 7) is 2.75. The van der Waals surface area contributed by atoms with E-state index in [9.17, 15) is 4.57 Å². The molecule has 4 nitrogen and oxygen atoms in total. The minimum Gasteiger partial charge on any atom is -0.507 e. The molecule has 0 aromatic carbocycles. The summed E-state index contributed by atoms with van der Waals surface area (Å²) >= 11 is 0. The van der Waals surface area contributed by atoms with Crippen LogP contribution in [0.2, 0.25) is 0 Å².